The van der Waals surface area contributed by atoms with Gasteiger partial charge < -0.3 is 5.73 Å². The van der Waals surface area contributed by atoms with Crippen LogP contribution in [0.15, 0.2) is 18.3 Å². The van der Waals surface area contributed by atoms with Gasteiger partial charge in [0.05, 0.1) is 6.54 Å². The summed E-state index contributed by atoms with van der Waals surface area (Å²) in [5, 5.41) is 6.57. The number of amides is 1. The summed E-state index contributed by atoms with van der Waals surface area (Å²) in [4.78, 5) is 15.1. The van der Waals surface area contributed by atoms with Gasteiger partial charge in [-0.15, -0.1) is 5.10 Å². The van der Waals surface area contributed by atoms with E-state index in [1.807, 2.05) is 25.3 Å². The molecule has 0 saturated heterocycles. The maximum absolute atomic E-state index is 11.0. The van der Waals surface area contributed by atoms with Crippen LogP contribution in [0.1, 0.15) is 5.56 Å². The number of pyridine rings is 1. The van der Waals surface area contributed by atoms with E-state index in [1.165, 1.54) is 0 Å². The van der Waals surface area contributed by atoms with E-state index in [9.17, 15) is 4.79 Å². The van der Waals surface area contributed by atoms with E-state index >= 15 is 0 Å². The fraction of sp³-hybridized carbons (Fsp3) is 0.222. The molecule has 15 heavy (non-hydrogen) atoms. The van der Waals surface area contributed by atoms with Gasteiger partial charge in [0.1, 0.15) is 0 Å². The van der Waals surface area contributed by atoms with Crippen LogP contribution in [0.3, 0.4) is 0 Å². The third-order valence-corrected chi connectivity index (χ3v) is 1.92. The van der Waals surface area contributed by atoms with Crippen molar-refractivity contribution in [3.05, 3.63) is 23.9 Å². The van der Waals surface area contributed by atoms with Crippen molar-refractivity contribution >= 4 is 17.5 Å². The van der Waals surface area contributed by atoms with Crippen LogP contribution in [-0.4, -0.2) is 27.0 Å². The number of hydrogen-bond acceptors (Lipinski definition) is 4. The SMILES string of the molecule is Cc1ccc2nc(NC(=O)CN)nn2c1. The maximum atomic E-state index is 11.0. The van der Waals surface area contributed by atoms with Crippen LogP contribution in [0, 0.1) is 6.92 Å². The van der Waals surface area contributed by atoms with E-state index < -0.39 is 0 Å². The van der Waals surface area contributed by atoms with Crippen LogP contribution in [0.25, 0.3) is 5.65 Å². The molecule has 2 heterocycles. The topological polar surface area (TPSA) is 85.3 Å². The van der Waals surface area contributed by atoms with E-state index in [1.54, 1.807) is 4.52 Å². The summed E-state index contributed by atoms with van der Waals surface area (Å²) in [6, 6.07) is 3.76. The van der Waals surface area contributed by atoms with Gasteiger partial charge in [0.15, 0.2) is 5.65 Å². The number of carbonyl (C=O) groups excluding carboxylic acids is 1. The van der Waals surface area contributed by atoms with Crippen LogP contribution >= 0.6 is 0 Å². The Kier molecular flexibility index (Phi) is 2.34. The van der Waals surface area contributed by atoms with Gasteiger partial charge in [0, 0.05) is 6.20 Å². The standard InChI is InChI=1S/C9H11N5O/c1-6-2-3-7-11-9(12-8(15)4-10)13-14(7)5-6/h2-3,5H,4,10H2,1H3,(H,12,13,15). The number of nitrogens with one attached hydrogen (secondary N) is 1. The van der Waals surface area contributed by atoms with Crippen molar-refractivity contribution in [3.8, 4) is 0 Å². The van der Waals surface area contributed by atoms with Crippen LogP contribution in [0.4, 0.5) is 5.95 Å². The molecule has 0 spiro atoms. The molecule has 0 atom stereocenters. The lowest BCUT2D eigenvalue weighted by atomic mass is 10.3. The van der Waals surface area contributed by atoms with Crippen LogP contribution in [-0.2, 0) is 4.79 Å². The quantitative estimate of drug-likeness (QED) is 0.719. The first-order valence-electron chi connectivity index (χ1n) is 4.52. The highest BCUT2D eigenvalue weighted by molar-refractivity contribution is 5.90. The number of nitrogens with two attached hydrogens (primary N) is 1. The van der Waals surface area contributed by atoms with E-state index in [2.05, 4.69) is 15.4 Å². The Morgan fingerprint density at radius 2 is 2.40 bits per heavy atom. The molecule has 0 radical (unpaired) electrons. The second-order valence-corrected chi connectivity index (χ2v) is 3.20. The summed E-state index contributed by atoms with van der Waals surface area (Å²) >= 11 is 0. The number of rotatable bonds is 2. The molecule has 2 rings (SSSR count). The molecular formula is C9H11N5O. The Labute approximate surface area is 86.1 Å². The van der Waals surface area contributed by atoms with Crippen LogP contribution < -0.4 is 11.1 Å². The van der Waals surface area contributed by atoms with Crippen molar-refractivity contribution in [2.45, 2.75) is 6.92 Å². The minimum Gasteiger partial charge on any atom is -0.322 e. The van der Waals surface area contributed by atoms with Crippen molar-refractivity contribution in [1.82, 2.24) is 14.6 Å². The second kappa shape index (κ2) is 3.66. The minimum absolute atomic E-state index is 0.0748. The predicted octanol–water partition coefficient (Wildman–Crippen LogP) is -0.0651. The molecule has 1 amide bonds. The van der Waals surface area contributed by atoms with Gasteiger partial charge in [-0.2, -0.15) is 4.98 Å². The van der Waals surface area contributed by atoms with E-state index in [4.69, 9.17) is 5.73 Å². The molecule has 0 aliphatic carbocycles. The van der Waals surface area contributed by atoms with E-state index in [0.717, 1.165) is 5.56 Å². The Balaban J connectivity index is 2.34. The Bertz CT molecular complexity index is 504. The average Bonchev–Trinajstić information content (AvgIpc) is 2.59. The number of nitrogens with zero attached hydrogens (tertiary/aromatic N) is 3. The normalized spacial score (nSPS) is 10.5. The molecule has 78 valence electrons. The average molecular weight is 205 g/mol. The summed E-state index contributed by atoms with van der Waals surface area (Å²) in [5.41, 5.74) is 6.92. The summed E-state index contributed by atoms with van der Waals surface area (Å²) in [5.74, 6) is -0.0290. The minimum atomic E-state index is -0.303. The molecule has 3 N–H and O–H groups in total. The van der Waals surface area contributed by atoms with Crippen LogP contribution in [0.2, 0.25) is 0 Å². The predicted molar refractivity (Wildman–Crippen MR) is 55.4 cm³/mol. The van der Waals surface area contributed by atoms with E-state index in [0.29, 0.717) is 5.65 Å². The molecule has 2 aromatic rings. The molecule has 6 heteroatoms. The van der Waals surface area contributed by atoms with Gasteiger partial charge in [0.25, 0.3) is 0 Å². The number of aryl methyl sites for hydroxylation is 1. The smallest absolute Gasteiger partial charge is 0.249 e. The summed E-state index contributed by atoms with van der Waals surface area (Å²) in [6.45, 7) is 1.88. The van der Waals surface area contributed by atoms with E-state index in [-0.39, 0.29) is 18.4 Å². The lowest BCUT2D eigenvalue weighted by Gasteiger charge is -1.94. The number of fused-ring (bicyclic) bond motifs is 1. The highest BCUT2D eigenvalue weighted by Gasteiger charge is 2.05. The third kappa shape index (κ3) is 1.94. The fourth-order valence-electron chi connectivity index (χ4n) is 1.21. The summed E-state index contributed by atoms with van der Waals surface area (Å²) < 4.78 is 1.61. The summed E-state index contributed by atoms with van der Waals surface area (Å²) in [7, 11) is 0. The highest BCUT2D eigenvalue weighted by atomic mass is 16.2. The van der Waals surface area contributed by atoms with Crippen molar-refractivity contribution in [1.29, 1.82) is 0 Å². The first-order chi connectivity index (χ1) is 7.19. The molecule has 0 aliphatic rings. The van der Waals surface area contributed by atoms with Gasteiger partial charge >= 0.3 is 0 Å². The van der Waals surface area contributed by atoms with Gasteiger partial charge in [-0.25, -0.2) is 4.52 Å². The van der Waals surface area contributed by atoms with Crippen molar-refractivity contribution in [2.75, 3.05) is 11.9 Å². The Morgan fingerprint density at radius 3 is 3.13 bits per heavy atom. The van der Waals surface area contributed by atoms with Crippen molar-refractivity contribution < 1.29 is 4.79 Å². The van der Waals surface area contributed by atoms with Crippen molar-refractivity contribution in [3.63, 3.8) is 0 Å². The van der Waals surface area contributed by atoms with Gasteiger partial charge in [0.2, 0.25) is 11.9 Å². The van der Waals surface area contributed by atoms with Crippen LogP contribution in [0.5, 0.6) is 0 Å². The molecule has 0 bridgehead atoms. The molecule has 0 aromatic carbocycles. The number of aromatic nitrogens is 3. The molecule has 0 unspecified atom stereocenters. The third-order valence-electron chi connectivity index (χ3n) is 1.92. The Morgan fingerprint density at radius 1 is 1.60 bits per heavy atom. The fourth-order valence-corrected chi connectivity index (χ4v) is 1.21. The second-order valence-electron chi connectivity index (χ2n) is 3.20. The Hall–Kier alpha value is -1.95. The zero-order chi connectivity index (χ0) is 10.8. The first-order valence-corrected chi connectivity index (χ1v) is 4.52. The zero-order valence-electron chi connectivity index (χ0n) is 8.27. The number of anilines is 1. The van der Waals surface area contributed by atoms with Gasteiger partial charge in [-0.05, 0) is 18.6 Å². The van der Waals surface area contributed by atoms with Gasteiger partial charge in [-0.3, -0.25) is 10.1 Å². The molecular weight excluding hydrogens is 194 g/mol. The summed E-state index contributed by atoms with van der Waals surface area (Å²) in [6.07, 6.45) is 1.83. The van der Waals surface area contributed by atoms with Gasteiger partial charge in [-0.1, -0.05) is 6.07 Å². The lowest BCUT2D eigenvalue weighted by Crippen LogP contribution is -2.22. The number of carbonyl (C=O) groups is 1. The number of hydrogen-bond donors (Lipinski definition) is 2. The molecule has 6 nitrogen and oxygen atoms in total. The molecule has 0 fully saturated rings. The largest absolute Gasteiger partial charge is 0.322 e. The highest BCUT2D eigenvalue weighted by Crippen LogP contribution is 2.06. The monoisotopic (exact) mass is 205 g/mol. The van der Waals surface area contributed by atoms with Crippen molar-refractivity contribution in [2.24, 2.45) is 5.73 Å². The molecule has 0 saturated carbocycles. The maximum Gasteiger partial charge on any atom is 0.249 e. The molecule has 2 aromatic heterocycles. The zero-order valence-corrected chi connectivity index (χ0v) is 8.27. The lowest BCUT2D eigenvalue weighted by molar-refractivity contribution is -0.114. The first kappa shape index (κ1) is 9.60. The molecule has 0 aliphatic heterocycles.